The van der Waals surface area contributed by atoms with Gasteiger partial charge < -0.3 is 15.5 Å². The van der Waals surface area contributed by atoms with Crippen LogP contribution in [0.25, 0.3) is 11.3 Å². The standard InChI is InChI=1S/C20H20N4OS/c21-19(25)16-6-8-17(9-7-16)23-10-12-24(13-11-23)20-22-18(14-26-20)15-4-2-1-3-5-15/h1-9,14H,10-13H2,(H2,21,25). The highest BCUT2D eigenvalue weighted by Crippen LogP contribution is 2.28. The van der Waals surface area contributed by atoms with Crippen LogP contribution in [0.3, 0.4) is 0 Å². The number of aromatic nitrogens is 1. The third-order valence-corrected chi connectivity index (χ3v) is 5.53. The molecule has 0 bridgehead atoms. The Morgan fingerprint density at radius 3 is 2.23 bits per heavy atom. The maximum Gasteiger partial charge on any atom is 0.248 e. The lowest BCUT2D eigenvalue weighted by molar-refractivity contribution is 0.100. The molecule has 1 amide bonds. The number of anilines is 2. The van der Waals surface area contributed by atoms with Crippen LogP contribution in [0.15, 0.2) is 60.0 Å². The summed E-state index contributed by atoms with van der Waals surface area (Å²) >= 11 is 1.70. The summed E-state index contributed by atoms with van der Waals surface area (Å²) in [4.78, 5) is 20.7. The summed E-state index contributed by atoms with van der Waals surface area (Å²) in [5.74, 6) is -0.389. The minimum Gasteiger partial charge on any atom is -0.368 e. The number of hydrogen-bond acceptors (Lipinski definition) is 5. The molecule has 1 fully saturated rings. The molecule has 6 heteroatoms. The zero-order valence-corrected chi connectivity index (χ0v) is 15.2. The first-order valence-corrected chi connectivity index (χ1v) is 9.49. The van der Waals surface area contributed by atoms with Crippen molar-refractivity contribution < 1.29 is 4.79 Å². The van der Waals surface area contributed by atoms with E-state index in [2.05, 4.69) is 27.3 Å². The van der Waals surface area contributed by atoms with E-state index in [1.807, 2.05) is 30.3 Å². The van der Waals surface area contributed by atoms with Crippen molar-refractivity contribution >= 4 is 28.1 Å². The molecular weight excluding hydrogens is 344 g/mol. The van der Waals surface area contributed by atoms with Gasteiger partial charge in [0.25, 0.3) is 0 Å². The molecule has 0 aliphatic carbocycles. The molecule has 0 saturated carbocycles. The number of rotatable bonds is 4. The Hall–Kier alpha value is -2.86. The van der Waals surface area contributed by atoms with Gasteiger partial charge in [0.2, 0.25) is 5.91 Å². The molecule has 2 aromatic carbocycles. The van der Waals surface area contributed by atoms with E-state index in [0.717, 1.165) is 48.3 Å². The van der Waals surface area contributed by atoms with Crippen LogP contribution >= 0.6 is 11.3 Å². The normalized spacial score (nSPS) is 14.5. The molecule has 1 aliphatic heterocycles. The molecule has 2 heterocycles. The van der Waals surface area contributed by atoms with E-state index in [0.29, 0.717) is 5.56 Å². The number of nitrogens with zero attached hydrogens (tertiary/aromatic N) is 3. The molecule has 3 aromatic rings. The highest BCUT2D eigenvalue weighted by atomic mass is 32.1. The number of piperazine rings is 1. The molecule has 2 N–H and O–H groups in total. The van der Waals surface area contributed by atoms with E-state index in [4.69, 9.17) is 10.7 Å². The van der Waals surface area contributed by atoms with Crippen LogP contribution in [0, 0.1) is 0 Å². The minimum absolute atomic E-state index is 0.389. The van der Waals surface area contributed by atoms with Gasteiger partial charge in [0, 0.05) is 48.4 Å². The van der Waals surface area contributed by atoms with Crippen LogP contribution in [-0.2, 0) is 0 Å². The van der Waals surface area contributed by atoms with Crippen LogP contribution in [0.1, 0.15) is 10.4 Å². The Kier molecular flexibility index (Phi) is 4.58. The Morgan fingerprint density at radius 2 is 1.58 bits per heavy atom. The zero-order valence-electron chi connectivity index (χ0n) is 14.3. The quantitative estimate of drug-likeness (QED) is 0.772. The first-order chi connectivity index (χ1) is 12.7. The van der Waals surface area contributed by atoms with Gasteiger partial charge in [-0.3, -0.25) is 4.79 Å². The van der Waals surface area contributed by atoms with Crippen LogP contribution in [0.2, 0.25) is 0 Å². The predicted molar refractivity (Wildman–Crippen MR) is 107 cm³/mol. The van der Waals surface area contributed by atoms with Gasteiger partial charge in [-0.25, -0.2) is 4.98 Å². The average molecular weight is 364 g/mol. The number of carbonyl (C=O) groups is 1. The van der Waals surface area contributed by atoms with Crippen molar-refractivity contribution in [2.75, 3.05) is 36.0 Å². The Balaban J connectivity index is 1.41. The maximum atomic E-state index is 11.2. The van der Waals surface area contributed by atoms with Crippen molar-refractivity contribution in [3.05, 3.63) is 65.5 Å². The van der Waals surface area contributed by atoms with Crippen molar-refractivity contribution in [3.63, 3.8) is 0 Å². The summed E-state index contributed by atoms with van der Waals surface area (Å²) in [5, 5.41) is 3.20. The van der Waals surface area contributed by atoms with Crippen molar-refractivity contribution in [2.45, 2.75) is 0 Å². The number of carbonyl (C=O) groups excluding carboxylic acids is 1. The third-order valence-electron chi connectivity index (χ3n) is 4.63. The topological polar surface area (TPSA) is 62.5 Å². The van der Waals surface area contributed by atoms with Crippen LogP contribution in [0.4, 0.5) is 10.8 Å². The van der Waals surface area contributed by atoms with Crippen molar-refractivity contribution in [1.29, 1.82) is 0 Å². The Morgan fingerprint density at radius 1 is 0.923 bits per heavy atom. The monoisotopic (exact) mass is 364 g/mol. The van der Waals surface area contributed by atoms with Gasteiger partial charge in [-0.15, -0.1) is 11.3 Å². The molecular formula is C20H20N4OS. The lowest BCUT2D eigenvalue weighted by atomic mass is 10.1. The fourth-order valence-corrected chi connectivity index (χ4v) is 4.03. The summed E-state index contributed by atoms with van der Waals surface area (Å²) in [6, 6.07) is 17.8. The molecule has 5 nitrogen and oxygen atoms in total. The molecule has 4 rings (SSSR count). The minimum atomic E-state index is -0.389. The second-order valence-electron chi connectivity index (χ2n) is 6.27. The summed E-state index contributed by atoms with van der Waals surface area (Å²) in [6.07, 6.45) is 0. The molecule has 1 saturated heterocycles. The molecule has 1 aromatic heterocycles. The lowest BCUT2D eigenvalue weighted by Gasteiger charge is -2.36. The first-order valence-electron chi connectivity index (χ1n) is 8.61. The van der Waals surface area contributed by atoms with Gasteiger partial charge in [-0.2, -0.15) is 0 Å². The van der Waals surface area contributed by atoms with Gasteiger partial charge in [-0.1, -0.05) is 30.3 Å². The van der Waals surface area contributed by atoms with Gasteiger partial charge >= 0.3 is 0 Å². The predicted octanol–water partition coefficient (Wildman–Crippen LogP) is 3.24. The van der Waals surface area contributed by atoms with Gasteiger partial charge in [0.1, 0.15) is 0 Å². The first kappa shape index (κ1) is 16.6. The van der Waals surface area contributed by atoms with E-state index >= 15 is 0 Å². The molecule has 0 unspecified atom stereocenters. The lowest BCUT2D eigenvalue weighted by Crippen LogP contribution is -2.46. The second kappa shape index (κ2) is 7.17. The highest BCUT2D eigenvalue weighted by molar-refractivity contribution is 7.14. The maximum absolute atomic E-state index is 11.2. The number of hydrogen-bond donors (Lipinski definition) is 1. The molecule has 132 valence electrons. The number of nitrogens with two attached hydrogens (primary N) is 1. The van der Waals surface area contributed by atoms with Crippen LogP contribution in [0.5, 0.6) is 0 Å². The van der Waals surface area contributed by atoms with Gasteiger partial charge in [0.05, 0.1) is 5.69 Å². The van der Waals surface area contributed by atoms with E-state index in [1.54, 1.807) is 23.5 Å². The van der Waals surface area contributed by atoms with Crippen molar-refractivity contribution in [3.8, 4) is 11.3 Å². The molecule has 1 aliphatic rings. The SMILES string of the molecule is NC(=O)c1ccc(N2CCN(c3nc(-c4ccccc4)cs3)CC2)cc1. The average Bonchev–Trinajstić information content (AvgIpc) is 3.19. The fraction of sp³-hybridized carbons (Fsp3) is 0.200. The third kappa shape index (κ3) is 3.41. The number of primary amides is 1. The van der Waals surface area contributed by atoms with Gasteiger partial charge in [-0.05, 0) is 24.3 Å². The molecule has 0 atom stereocenters. The molecule has 0 spiro atoms. The van der Waals surface area contributed by atoms with E-state index in [-0.39, 0.29) is 5.91 Å². The smallest absolute Gasteiger partial charge is 0.248 e. The zero-order chi connectivity index (χ0) is 17.9. The summed E-state index contributed by atoms with van der Waals surface area (Å²) in [7, 11) is 0. The van der Waals surface area contributed by atoms with E-state index < -0.39 is 0 Å². The van der Waals surface area contributed by atoms with Crippen LogP contribution < -0.4 is 15.5 Å². The number of amides is 1. The molecule has 26 heavy (non-hydrogen) atoms. The van der Waals surface area contributed by atoms with E-state index in [1.165, 1.54) is 0 Å². The van der Waals surface area contributed by atoms with Crippen molar-refractivity contribution in [1.82, 2.24) is 4.98 Å². The van der Waals surface area contributed by atoms with Crippen molar-refractivity contribution in [2.24, 2.45) is 5.73 Å². The van der Waals surface area contributed by atoms with Gasteiger partial charge in [0.15, 0.2) is 5.13 Å². The summed E-state index contributed by atoms with van der Waals surface area (Å²) in [6.45, 7) is 3.71. The largest absolute Gasteiger partial charge is 0.368 e. The Bertz CT molecular complexity index is 884. The van der Waals surface area contributed by atoms with Crippen LogP contribution in [-0.4, -0.2) is 37.1 Å². The number of benzene rings is 2. The summed E-state index contributed by atoms with van der Waals surface area (Å²) < 4.78 is 0. The Labute approximate surface area is 156 Å². The second-order valence-corrected chi connectivity index (χ2v) is 7.10. The number of thiazole rings is 1. The fourth-order valence-electron chi connectivity index (χ4n) is 3.14. The van der Waals surface area contributed by atoms with E-state index in [9.17, 15) is 4.79 Å². The highest BCUT2D eigenvalue weighted by Gasteiger charge is 2.20. The summed E-state index contributed by atoms with van der Waals surface area (Å²) in [5.41, 5.74) is 9.17. The molecule has 0 radical (unpaired) electrons.